The maximum absolute atomic E-state index is 14.0. The first kappa shape index (κ1) is 52.5. The molecule has 2 atom stereocenters. The van der Waals surface area contributed by atoms with Crippen molar-refractivity contribution in [2.24, 2.45) is 14.1 Å². The Hall–Kier alpha value is -7.51. The minimum Gasteiger partial charge on any atom is -0.399 e. The first-order valence-corrected chi connectivity index (χ1v) is 28.5. The predicted octanol–water partition coefficient (Wildman–Crippen LogP) is 11.0. The molecule has 0 spiro atoms. The van der Waals surface area contributed by atoms with Crippen LogP contribution in [0.4, 0.5) is 11.6 Å². The summed E-state index contributed by atoms with van der Waals surface area (Å²) in [4.78, 5) is 55.1. The Morgan fingerprint density at radius 3 is 1.60 bits per heavy atom. The number of anilines is 2. The van der Waals surface area contributed by atoms with Gasteiger partial charge < -0.3 is 19.9 Å². The Labute approximate surface area is 468 Å². The number of fused-ring (bicyclic) bond motifs is 4. The lowest BCUT2D eigenvalue weighted by molar-refractivity contribution is 0.00578. The molecular weight excluding hydrogens is 1080 g/mol. The van der Waals surface area contributed by atoms with Crippen LogP contribution in [-0.2, 0) is 23.4 Å². The summed E-state index contributed by atoms with van der Waals surface area (Å²) < 4.78 is 20.6. The zero-order valence-electron chi connectivity index (χ0n) is 43.4. The number of thiophene rings is 2. The topological polar surface area (TPSA) is 200 Å². The van der Waals surface area contributed by atoms with Crippen molar-refractivity contribution in [3.05, 3.63) is 169 Å². The van der Waals surface area contributed by atoms with Gasteiger partial charge in [-0.2, -0.15) is 10.2 Å². The second-order valence-electron chi connectivity index (χ2n) is 19.4. The fourth-order valence-corrected chi connectivity index (χ4v) is 12.5. The number of para-hydroxylation sites is 2. The van der Waals surface area contributed by atoms with E-state index >= 15 is 0 Å². The van der Waals surface area contributed by atoms with Crippen molar-refractivity contribution in [1.82, 2.24) is 58.6 Å². The third-order valence-electron chi connectivity index (χ3n) is 13.7. The van der Waals surface area contributed by atoms with E-state index in [0.717, 1.165) is 69.4 Å². The van der Waals surface area contributed by atoms with Gasteiger partial charge in [0.2, 0.25) is 0 Å². The van der Waals surface area contributed by atoms with E-state index in [-0.39, 0.29) is 41.5 Å². The van der Waals surface area contributed by atoms with Crippen molar-refractivity contribution < 1.29 is 9.31 Å². The second-order valence-corrected chi connectivity index (χ2v) is 23.3. The third-order valence-corrected chi connectivity index (χ3v) is 17.4. The highest BCUT2D eigenvalue weighted by Crippen LogP contribution is 2.38. The Bertz CT molecular complexity index is 4230. The van der Waals surface area contributed by atoms with Crippen molar-refractivity contribution in [1.29, 1.82) is 0 Å². The van der Waals surface area contributed by atoms with E-state index in [4.69, 9.17) is 20.9 Å². The molecular formula is C54H50BClN14O4S4. The molecule has 12 aromatic rings. The average Bonchev–Trinajstić information content (AvgIpc) is 4.34. The summed E-state index contributed by atoms with van der Waals surface area (Å²) in [6.45, 7) is 12.2. The van der Waals surface area contributed by atoms with Crippen LogP contribution in [0.25, 0.3) is 63.4 Å². The number of hydrogen-bond donors (Lipinski definition) is 2. The molecule has 2 aromatic carbocycles. The van der Waals surface area contributed by atoms with Gasteiger partial charge in [-0.05, 0) is 77.9 Å². The molecule has 2 N–H and O–H groups in total. The molecule has 0 saturated carbocycles. The molecule has 1 saturated heterocycles. The SMILES string of the molecule is C[C@H](Nc1ncnc2scnc12)c1cc2scc(-c3cnn(C)c3)c2c(=O)n1-c1ccccc1.C[C@H](Nc1ncnc2scnc12)c1cc2scc(Cl)c2c(=O)n1-c1ccccc1.Cn1cc(B2OC(C)(C)C(C)(C)O2)cn1. The summed E-state index contributed by atoms with van der Waals surface area (Å²) in [5, 5.41) is 20.8. The maximum Gasteiger partial charge on any atom is 0.498 e. The summed E-state index contributed by atoms with van der Waals surface area (Å²) in [5.41, 5.74) is 10.2. The molecule has 18 nitrogen and oxygen atoms in total. The van der Waals surface area contributed by atoms with Crippen molar-refractivity contribution in [3.63, 3.8) is 0 Å². The summed E-state index contributed by atoms with van der Waals surface area (Å²) in [6, 6.07) is 22.9. The summed E-state index contributed by atoms with van der Waals surface area (Å²) in [6.07, 6.45) is 10.5. The van der Waals surface area contributed by atoms with Crippen LogP contribution >= 0.6 is 56.9 Å². The van der Waals surface area contributed by atoms with Crippen LogP contribution in [0, 0.1) is 0 Å². The van der Waals surface area contributed by atoms with Gasteiger partial charge in [-0.3, -0.25) is 28.1 Å². The monoisotopic (exact) mass is 1130 g/mol. The highest BCUT2D eigenvalue weighted by molar-refractivity contribution is 7.18. The second kappa shape index (κ2) is 21.4. The Balaban J connectivity index is 0.000000133. The van der Waals surface area contributed by atoms with Crippen molar-refractivity contribution >= 4 is 122 Å². The van der Waals surface area contributed by atoms with E-state index in [1.54, 1.807) is 58.6 Å². The fraction of sp³-hybridized carbons (Fsp3) is 0.222. The molecule has 10 aromatic heterocycles. The molecule has 24 heteroatoms. The van der Waals surface area contributed by atoms with E-state index in [1.165, 1.54) is 46.7 Å². The van der Waals surface area contributed by atoms with Crippen molar-refractivity contribution in [3.8, 4) is 22.5 Å². The van der Waals surface area contributed by atoms with Gasteiger partial charge in [-0.1, -0.05) is 48.0 Å². The summed E-state index contributed by atoms with van der Waals surface area (Å²) in [5.74, 6) is 1.29. The number of aromatic nitrogens is 12. The van der Waals surface area contributed by atoms with E-state index in [1.807, 2.05) is 140 Å². The highest BCUT2D eigenvalue weighted by atomic mass is 35.5. The molecule has 0 unspecified atom stereocenters. The number of hydrogen-bond acceptors (Lipinski definition) is 18. The van der Waals surface area contributed by atoms with Crippen LogP contribution in [-0.4, -0.2) is 76.9 Å². The van der Waals surface area contributed by atoms with Crippen LogP contribution in [0.2, 0.25) is 5.02 Å². The van der Waals surface area contributed by atoms with E-state index in [0.29, 0.717) is 27.4 Å². The summed E-state index contributed by atoms with van der Waals surface area (Å²) in [7, 11) is 3.45. The van der Waals surface area contributed by atoms with Crippen LogP contribution in [0.5, 0.6) is 0 Å². The lowest BCUT2D eigenvalue weighted by atomic mass is 9.82. The van der Waals surface area contributed by atoms with E-state index in [9.17, 15) is 9.59 Å². The van der Waals surface area contributed by atoms with Gasteiger partial charge in [0.1, 0.15) is 33.3 Å². The van der Waals surface area contributed by atoms with Crippen LogP contribution in [0.1, 0.15) is 65.0 Å². The van der Waals surface area contributed by atoms with Gasteiger partial charge in [0.25, 0.3) is 11.1 Å². The minimum atomic E-state index is -0.302. The van der Waals surface area contributed by atoms with Gasteiger partial charge >= 0.3 is 7.12 Å². The lowest BCUT2D eigenvalue weighted by Gasteiger charge is -2.32. The number of pyridine rings is 2. The number of nitrogens with one attached hydrogen (secondary N) is 2. The lowest BCUT2D eigenvalue weighted by Crippen LogP contribution is -2.41. The normalized spacial score (nSPS) is 14.6. The summed E-state index contributed by atoms with van der Waals surface area (Å²) >= 11 is 12.3. The molecule has 394 valence electrons. The fourth-order valence-electron chi connectivity index (χ4n) is 9.02. The standard InChI is InChI=1S/C24H19N7OS2.C20H14ClN5OS2.C10H17BN2O2/c1-14(29-22-21-23(26-12-25-22)34-13-27-21)18-8-19-20(17(11-33-19)15-9-28-30(2)10-15)24(32)31(18)16-6-4-3-5-7-16;1-11(25-18-17-19(23-9-22-18)29-10-24-17)14-7-15-16(13(21)8-28-15)20(27)26(14)12-5-3-2-4-6-12;1-9(2)10(3,4)15-11(14-9)8-6-12-13(5)7-8/h3-14H,1-2H3,(H,25,26,29);2-11H,1H3,(H,22,23,25);6-7H,1-5H3/t14-;11-;/m00./s1. The molecule has 78 heavy (non-hydrogen) atoms. The zero-order chi connectivity index (χ0) is 54.5. The Morgan fingerprint density at radius 1 is 0.615 bits per heavy atom. The molecule has 11 heterocycles. The van der Waals surface area contributed by atoms with Gasteiger partial charge in [0.05, 0.1) is 56.3 Å². The molecule has 0 aliphatic carbocycles. The first-order valence-electron chi connectivity index (χ1n) is 24.6. The quantitative estimate of drug-likeness (QED) is 0.123. The molecule has 1 fully saturated rings. The molecule has 0 bridgehead atoms. The number of aryl methyl sites for hydroxylation is 2. The Kier molecular flexibility index (Phi) is 14.4. The number of nitrogens with zero attached hydrogens (tertiary/aromatic N) is 12. The van der Waals surface area contributed by atoms with Crippen LogP contribution in [0.15, 0.2) is 142 Å². The Morgan fingerprint density at radius 2 is 1.10 bits per heavy atom. The molecule has 0 amide bonds. The van der Waals surface area contributed by atoms with Gasteiger partial charge in [0, 0.05) is 92.2 Å². The van der Waals surface area contributed by atoms with Crippen molar-refractivity contribution in [2.75, 3.05) is 10.6 Å². The molecule has 0 radical (unpaired) electrons. The smallest absolute Gasteiger partial charge is 0.399 e. The molecule has 13 rings (SSSR count). The molecule has 1 aliphatic rings. The van der Waals surface area contributed by atoms with E-state index in [2.05, 4.69) is 56.8 Å². The van der Waals surface area contributed by atoms with Gasteiger partial charge in [-0.25, -0.2) is 29.9 Å². The maximum atomic E-state index is 14.0. The minimum absolute atomic E-state index is 0.0612. The number of thiazole rings is 2. The number of rotatable bonds is 10. The van der Waals surface area contributed by atoms with Gasteiger partial charge in [0.15, 0.2) is 11.6 Å². The highest BCUT2D eigenvalue weighted by Gasteiger charge is 2.52. The average molecular weight is 1130 g/mol. The third kappa shape index (κ3) is 10.1. The zero-order valence-corrected chi connectivity index (χ0v) is 47.5. The van der Waals surface area contributed by atoms with Crippen LogP contribution in [0.3, 0.4) is 0 Å². The largest absolute Gasteiger partial charge is 0.498 e. The number of halogens is 1. The molecule has 1 aliphatic heterocycles. The first-order chi connectivity index (χ1) is 37.5. The number of benzene rings is 2. The van der Waals surface area contributed by atoms with Gasteiger partial charge in [-0.15, -0.1) is 45.3 Å². The van der Waals surface area contributed by atoms with E-state index < -0.39 is 0 Å². The predicted molar refractivity (Wildman–Crippen MR) is 315 cm³/mol. The van der Waals surface area contributed by atoms with Crippen molar-refractivity contribution in [2.45, 2.75) is 64.8 Å². The van der Waals surface area contributed by atoms with Crippen LogP contribution < -0.4 is 27.2 Å².